The SMILES string of the molecule is CC(C)n1c(=O)c(-c2ccc(N)c(F)c2)nc2cnc(N[C@H]3C[C@H](F)CN(C(=O)OCc4ccccc4)C3)nc21. The van der Waals surface area contributed by atoms with Gasteiger partial charge in [-0.15, -0.1) is 0 Å². The lowest BCUT2D eigenvalue weighted by atomic mass is 10.0. The number of halogens is 2. The molecular formula is C28H29F2N7O3. The molecule has 1 saturated heterocycles. The van der Waals surface area contributed by atoms with Gasteiger partial charge in [0.25, 0.3) is 5.56 Å². The van der Waals surface area contributed by atoms with E-state index in [9.17, 15) is 18.4 Å². The van der Waals surface area contributed by atoms with Crippen molar-refractivity contribution in [2.24, 2.45) is 0 Å². The lowest BCUT2D eigenvalue weighted by molar-refractivity contribution is 0.0685. The highest BCUT2D eigenvalue weighted by atomic mass is 19.1. The van der Waals surface area contributed by atoms with Crippen LogP contribution in [0.4, 0.5) is 25.2 Å². The summed E-state index contributed by atoms with van der Waals surface area (Å²) in [5.41, 5.74) is 6.84. The minimum Gasteiger partial charge on any atom is -0.445 e. The summed E-state index contributed by atoms with van der Waals surface area (Å²) in [5.74, 6) is -0.492. The second kappa shape index (κ2) is 11.2. The van der Waals surface area contributed by atoms with Crippen LogP contribution in [0.2, 0.25) is 0 Å². The van der Waals surface area contributed by atoms with Crippen LogP contribution in [0.3, 0.4) is 0 Å². The maximum absolute atomic E-state index is 14.6. The monoisotopic (exact) mass is 549 g/mol. The Balaban J connectivity index is 1.38. The first-order valence-electron chi connectivity index (χ1n) is 12.9. The fourth-order valence-corrected chi connectivity index (χ4v) is 4.70. The molecule has 1 amide bonds. The molecule has 12 heteroatoms. The standard InChI is InChI=1S/C28H29F2N7O3/c1-16(2)37-25-23(34-24(26(37)38)18-8-9-22(31)21(30)10-18)12-32-27(35-25)33-20-11-19(29)13-36(14-20)28(39)40-15-17-6-4-3-5-7-17/h3-10,12,16,19-20H,11,13-15,31H2,1-2H3,(H,32,33,35)/t19-,20-/m0/s1. The molecule has 5 rings (SSSR count). The number of alkyl halides is 1. The Morgan fingerprint density at radius 2 is 1.95 bits per heavy atom. The van der Waals surface area contributed by atoms with Crippen LogP contribution < -0.4 is 16.6 Å². The van der Waals surface area contributed by atoms with E-state index >= 15 is 0 Å². The maximum atomic E-state index is 14.6. The molecule has 2 aromatic heterocycles. The van der Waals surface area contributed by atoms with Gasteiger partial charge < -0.3 is 20.7 Å². The van der Waals surface area contributed by atoms with Crippen molar-refractivity contribution >= 4 is 28.9 Å². The molecule has 0 bridgehead atoms. The number of carbonyl (C=O) groups excluding carboxylic acids is 1. The number of nitrogens with zero attached hydrogens (tertiary/aromatic N) is 5. The van der Waals surface area contributed by atoms with Crippen molar-refractivity contribution < 1.29 is 18.3 Å². The van der Waals surface area contributed by atoms with Crippen molar-refractivity contribution in [3.8, 4) is 11.3 Å². The third-order valence-corrected chi connectivity index (χ3v) is 6.62. The normalized spacial score (nSPS) is 17.3. The number of nitrogens with two attached hydrogens (primary N) is 1. The van der Waals surface area contributed by atoms with Crippen LogP contribution in [-0.2, 0) is 11.3 Å². The van der Waals surface area contributed by atoms with Gasteiger partial charge in [-0.05, 0) is 31.5 Å². The van der Waals surface area contributed by atoms with E-state index in [1.807, 2.05) is 44.2 Å². The Hall–Kier alpha value is -4.61. The van der Waals surface area contributed by atoms with Crippen molar-refractivity contribution in [2.45, 2.75) is 45.1 Å². The van der Waals surface area contributed by atoms with Crippen LogP contribution in [0.15, 0.2) is 59.5 Å². The van der Waals surface area contributed by atoms with Gasteiger partial charge in [0, 0.05) is 30.6 Å². The number of nitrogens with one attached hydrogen (secondary N) is 1. The van der Waals surface area contributed by atoms with E-state index in [0.29, 0.717) is 5.52 Å². The number of anilines is 2. The molecule has 0 aliphatic carbocycles. The predicted octanol–water partition coefficient (Wildman–Crippen LogP) is 4.32. The maximum Gasteiger partial charge on any atom is 0.410 e. The van der Waals surface area contributed by atoms with Crippen molar-refractivity contribution in [1.29, 1.82) is 0 Å². The van der Waals surface area contributed by atoms with E-state index in [4.69, 9.17) is 10.5 Å². The predicted molar refractivity (Wildman–Crippen MR) is 147 cm³/mol. The molecule has 2 atom stereocenters. The zero-order valence-corrected chi connectivity index (χ0v) is 22.1. The molecule has 40 heavy (non-hydrogen) atoms. The Kier molecular flexibility index (Phi) is 7.58. The van der Waals surface area contributed by atoms with E-state index < -0.39 is 29.7 Å². The van der Waals surface area contributed by atoms with E-state index in [1.54, 1.807) is 0 Å². The van der Waals surface area contributed by atoms with E-state index in [1.165, 1.54) is 33.9 Å². The summed E-state index contributed by atoms with van der Waals surface area (Å²) >= 11 is 0. The van der Waals surface area contributed by atoms with Crippen molar-refractivity contribution in [1.82, 2.24) is 24.4 Å². The molecule has 3 heterocycles. The summed E-state index contributed by atoms with van der Waals surface area (Å²) in [7, 11) is 0. The molecule has 4 aromatic rings. The molecule has 0 saturated carbocycles. The molecule has 0 spiro atoms. The van der Waals surface area contributed by atoms with Crippen molar-refractivity contribution in [3.05, 3.63) is 76.5 Å². The summed E-state index contributed by atoms with van der Waals surface area (Å²) in [5, 5.41) is 3.09. The highest BCUT2D eigenvalue weighted by Crippen LogP contribution is 2.23. The second-order valence-electron chi connectivity index (χ2n) is 9.99. The molecule has 1 aliphatic rings. The molecular weight excluding hydrogens is 520 g/mol. The van der Waals surface area contributed by atoms with Crippen LogP contribution >= 0.6 is 0 Å². The van der Waals surface area contributed by atoms with Gasteiger partial charge >= 0.3 is 6.09 Å². The zero-order valence-electron chi connectivity index (χ0n) is 22.1. The second-order valence-corrected chi connectivity index (χ2v) is 9.99. The van der Waals surface area contributed by atoms with E-state index in [0.717, 1.165) is 5.56 Å². The minimum atomic E-state index is -1.27. The third kappa shape index (κ3) is 5.70. The number of hydrogen-bond donors (Lipinski definition) is 2. The number of hydrogen-bond acceptors (Lipinski definition) is 8. The van der Waals surface area contributed by atoms with Crippen LogP contribution in [0.25, 0.3) is 22.4 Å². The van der Waals surface area contributed by atoms with Gasteiger partial charge in [0.1, 0.15) is 29.8 Å². The molecule has 208 valence electrons. The fourth-order valence-electron chi connectivity index (χ4n) is 4.70. The number of aromatic nitrogens is 4. The Morgan fingerprint density at radius 1 is 1.18 bits per heavy atom. The first-order chi connectivity index (χ1) is 19.2. The van der Waals surface area contributed by atoms with Crippen LogP contribution in [0.1, 0.15) is 31.9 Å². The summed E-state index contributed by atoms with van der Waals surface area (Å²) in [6.45, 7) is 3.83. The molecule has 1 fully saturated rings. The Morgan fingerprint density at radius 3 is 2.67 bits per heavy atom. The fraction of sp³-hybridized carbons (Fsp3) is 0.321. The largest absolute Gasteiger partial charge is 0.445 e. The van der Waals surface area contributed by atoms with Gasteiger partial charge in [-0.2, -0.15) is 4.98 Å². The van der Waals surface area contributed by atoms with Gasteiger partial charge in [-0.25, -0.2) is 23.5 Å². The van der Waals surface area contributed by atoms with Crippen LogP contribution in [-0.4, -0.2) is 55.8 Å². The molecule has 0 unspecified atom stereocenters. The van der Waals surface area contributed by atoms with Gasteiger partial charge in [0.15, 0.2) is 5.65 Å². The molecule has 10 nitrogen and oxygen atoms in total. The average molecular weight is 550 g/mol. The Labute approximate surface area is 228 Å². The highest BCUT2D eigenvalue weighted by molar-refractivity contribution is 5.75. The Bertz CT molecular complexity index is 1600. The van der Waals surface area contributed by atoms with Crippen LogP contribution in [0, 0.1) is 5.82 Å². The number of carbonyl (C=O) groups is 1. The third-order valence-electron chi connectivity index (χ3n) is 6.62. The lowest BCUT2D eigenvalue weighted by Gasteiger charge is -2.34. The summed E-state index contributed by atoms with van der Waals surface area (Å²) < 4.78 is 35.6. The van der Waals surface area contributed by atoms with E-state index in [2.05, 4.69) is 20.3 Å². The highest BCUT2D eigenvalue weighted by Gasteiger charge is 2.31. The quantitative estimate of drug-likeness (QED) is 0.341. The summed E-state index contributed by atoms with van der Waals surface area (Å²) in [4.78, 5) is 40.6. The number of fused-ring (bicyclic) bond motifs is 1. The molecule has 0 radical (unpaired) electrons. The first-order valence-corrected chi connectivity index (χ1v) is 12.9. The molecule has 1 aliphatic heterocycles. The number of rotatable bonds is 6. The van der Waals surface area contributed by atoms with Crippen molar-refractivity contribution in [2.75, 3.05) is 24.1 Å². The first kappa shape index (κ1) is 27.0. The average Bonchev–Trinajstić information content (AvgIpc) is 2.93. The molecule has 2 aromatic carbocycles. The summed E-state index contributed by atoms with van der Waals surface area (Å²) in [6.07, 6.45) is -0.293. The zero-order chi connectivity index (χ0) is 28.4. The van der Waals surface area contributed by atoms with Gasteiger partial charge in [0.05, 0.1) is 18.4 Å². The number of ether oxygens (including phenoxy) is 1. The van der Waals surface area contributed by atoms with Gasteiger partial charge in [0.2, 0.25) is 5.95 Å². The van der Waals surface area contributed by atoms with Gasteiger partial charge in [-0.1, -0.05) is 36.4 Å². The number of benzene rings is 2. The lowest BCUT2D eigenvalue weighted by Crippen LogP contribution is -2.50. The van der Waals surface area contributed by atoms with E-state index in [-0.39, 0.29) is 60.7 Å². The van der Waals surface area contributed by atoms with Gasteiger partial charge in [-0.3, -0.25) is 9.36 Å². The minimum absolute atomic E-state index is 0.0333. The summed E-state index contributed by atoms with van der Waals surface area (Å²) in [6, 6.07) is 12.5. The smallest absolute Gasteiger partial charge is 0.410 e. The van der Waals surface area contributed by atoms with Crippen molar-refractivity contribution in [3.63, 3.8) is 0 Å². The topological polar surface area (TPSA) is 128 Å². The van der Waals surface area contributed by atoms with Crippen LogP contribution in [0.5, 0.6) is 0 Å². The number of piperidine rings is 1. The number of nitrogen functional groups attached to an aromatic ring is 1. The number of amides is 1. The number of likely N-dealkylation sites (tertiary alicyclic amines) is 1. The molecule has 3 N–H and O–H groups in total.